The zero-order valence-corrected chi connectivity index (χ0v) is 19.2. The maximum atomic E-state index is 11.5. The first-order valence-corrected chi connectivity index (χ1v) is 11.0. The summed E-state index contributed by atoms with van der Waals surface area (Å²) in [4.78, 5) is 46.0. The van der Waals surface area contributed by atoms with E-state index < -0.39 is 29.3 Å². The van der Waals surface area contributed by atoms with Crippen molar-refractivity contribution in [3.05, 3.63) is 142 Å². The van der Waals surface area contributed by atoms with E-state index in [-0.39, 0.29) is 22.3 Å². The molecule has 4 N–H and O–H groups in total. The number of carboxylic acids is 4. The molecule has 37 heavy (non-hydrogen) atoms. The van der Waals surface area contributed by atoms with Crippen molar-refractivity contribution in [2.45, 2.75) is 5.41 Å². The average Bonchev–Trinajstić information content (AvgIpc) is 2.90. The van der Waals surface area contributed by atoms with Crippen LogP contribution in [-0.4, -0.2) is 44.3 Å². The topological polar surface area (TPSA) is 149 Å². The Morgan fingerprint density at radius 3 is 0.649 bits per heavy atom. The summed E-state index contributed by atoms with van der Waals surface area (Å²) in [6, 6.07) is 24.6. The van der Waals surface area contributed by atoms with Gasteiger partial charge in [0.15, 0.2) is 0 Å². The zero-order chi connectivity index (χ0) is 26.7. The van der Waals surface area contributed by atoms with Gasteiger partial charge < -0.3 is 20.4 Å². The first kappa shape index (κ1) is 24.9. The molecule has 4 rings (SSSR count). The Hall–Kier alpha value is -5.24. The molecule has 8 nitrogen and oxygen atoms in total. The average molecular weight is 496 g/mol. The molecule has 0 amide bonds. The fourth-order valence-electron chi connectivity index (χ4n) is 4.45. The quantitative estimate of drug-likeness (QED) is 0.253. The molecule has 0 aliphatic carbocycles. The summed E-state index contributed by atoms with van der Waals surface area (Å²) in [7, 11) is 0. The third-order valence-electron chi connectivity index (χ3n) is 6.26. The van der Waals surface area contributed by atoms with Gasteiger partial charge in [-0.1, -0.05) is 48.5 Å². The van der Waals surface area contributed by atoms with Crippen LogP contribution in [0.4, 0.5) is 0 Å². The van der Waals surface area contributed by atoms with Crippen molar-refractivity contribution in [2.24, 2.45) is 0 Å². The Morgan fingerprint density at radius 1 is 0.351 bits per heavy atom. The predicted octanol–water partition coefficient (Wildman–Crippen LogP) is 4.86. The molecule has 0 radical (unpaired) electrons. The maximum absolute atomic E-state index is 11.5. The number of carboxylic acid groups (broad SMARTS) is 4. The highest BCUT2D eigenvalue weighted by atomic mass is 16.4. The summed E-state index contributed by atoms with van der Waals surface area (Å²) in [5, 5.41) is 37.6. The fourth-order valence-corrected chi connectivity index (χ4v) is 4.45. The monoisotopic (exact) mass is 496 g/mol. The minimum absolute atomic E-state index is 0.0568. The van der Waals surface area contributed by atoms with Gasteiger partial charge in [0.2, 0.25) is 0 Å². The highest BCUT2D eigenvalue weighted by molar-refractivity contribution is 5.90. The van der Waals surface area contributed by atoms with Crippen LogP contribution in [0.3, 0.4) is 0 Å². The van der Waals surface area contributed by atoms with E-state index in [9.17, 15) is 39.6 Å². The Bertz CT molecular complexity index is 1250. The minimum Gasteiger partial charge on any atom is -0.478 e. The summed E-state index contributed by atoms with van der Waals surface area (Å²) in [5.74, 6) is -4.45. The van der Waals surface area contributed by atoms with Gasteiger partial charge in [-0.05, 0) is 70.8 Å². The molecular weight excluding hydrogens is 476 g/mol. The summed E-state index contributed by atoms with van der Waals surface area (Å²) >= 11 is 0. The van der Waals surface area contributed by atoms with Crippen molar-refractivity contribution in [3.8, 4) is 0 Å². The lowest BCUT2D eigenvalue weighted by molar-refractivity contribution is 0.0686. The lowest BCUT2D eigenvalue weighted by atomic mass is 9.65. The Kier molecular flexibility index (Phi) is 6.58. The number of hydrogen-bond acceptors (Lipinski definition) is 4. The molecule has 0 aliphatic heterocycles. The third kappa shape index (κ3) is 4.55. The van der Waals surface area contributed by atoms with Gasteiger partial charge in [-0.2, -0.15) is 0 Å². The summed E-state index contributed by atoms with van der Waals surface area (Å²) in [6.45, 7) is 0. The highest BCUT2D eigenvalue weighted by Crippen LogP contribution is 2.45. The van der Waals surface area contributed by atoms with Gasteiger partial charge in [0.25, 0.3) is 0 Å². The molecule has 0 spiro atoms. The Labute approximate surface area is 210 Å². The molecule has 0 fully saturated rings. The van der Waals surface area contributed by atoms with Crippen LogP contribution in [-0.2, 0) is 5.41 Å². The van der Waals surface area contributed by atoms with Gasteiger partial charge in [0.1, 0.15) is 0 Å². The minimum atomic E-state index is -1.18. The molecule has 0 aromatic heterocycles. The fraction of sp³-hybridized carbons (Fsp3) is 0.0345. The summed E-state index contributed by atoms with van der Waals surface area (Å²) < 4.78 is 0. The molecule has 184 valence electrons. The van der Waals surface area contributed by atoms with Crippen LogP contribution in [0.15, 0.2) is 97.1 Å². The van der Waals surface area contributed by atoms with Crippen LogP contribution in [0.1, 0.15) is 63.7 Å². The standard InChI is InChI=1S/C29H20O8/c30-25(31)17-1-9-21(10-2-17)29(22-11-3-18(4-12-22)26(32)33,23-13-5-19(6-14-23)27(34)35)24-15-7-20(8-16-24)28(36)37/h1-16H,(H,30,31)(H,32,33)(H,34,35)(H,36,37). The van der Waals surface area contributed by atoms with E-state index in [4.69, 9.17) is 0 Å². The smallest absolute Gasteiger partial charge is 0.335 e. The van der Waals surface area contributed by atoms with Gasteiger partial charge in [-0.15, -0.1) is 0 Å². The number of benzene rings is 4. The van der Waals surface area contributed by atoms with E-state index in [0.29, 0.717) is 22.3 Å². The van der Waals surface area contributed by atoms with Gasteiger partial charge >= 0.3 is 23.9 Å². The molecule has 0 saturated carbocycles. The van der Waals surface area contributed by atoms with Crippen LogP contribution in [0.2, 0.25) is 0 Å². The Balaban J connectivity index is 2.09. The lowest BCUT2D eigenvalue weighted by Crippen LogP contribution is -2.31. The van der Waals surface area contributed by atoms with Crippen molar-refractivity contribution in [1.82, 2.24) is 0 Å². The number of rotatable bonds is 8. The molecule has 0 atom stereocenters. The Morgan fingerprint density at radius 2 is 0.514 bits per heavy atom. The van der Waals surface area contributed by atoms with Crippen LogP contribution >= 0.6 is 0 Å². The largest absolute Gasteiger partial charge is 0.478 e. The van der Waals surface area contributed by atoms with Gasteiger partial charge in [0, 0.05) is 0 Å². The molecule has 8 heteroatoms. The van der Waals surface area contributed by atoms with Crippen molar-refractivity contribution in [1.29, 1.82) is 0 Å². The second kappa shape index (κ2) is 9.79. The van der Waals surface area contributed by atoms with Crippen LogP contribution < -0.4 is 0 Å². The molecule has 0 bridgehead atoms. The van der Waals surface area contributed by atoms with E-state index in [2.05, 4.69) is 0 Å². The number of hydrogen-bond donors (Lipinski definition) is 4. The molecule has 0 heterocycles. The molecule has 0 saturated heterocycles. The lowest BCUT2D eigenvalue weighted by Gasteiger charge is -2.37. The molecule has 0 aliphatic rings. The number of aromatic carboxylic acids is 4. The van der Waals surface area contributed by atoms with E-state index in [0.717, 1.165) is 0 Å². The summed E-state index contributed by atoms with van der Waals surface area (Å²) in [5.41, 5.74) is 1.46. The van der Waals surface area contributed by atoms with E-state index in [1.165, 1.54) is 48.5 Å². The number of carbonyl (C=O) groups is 4. The second-order valence-electron chi connectivity index (χ2n) is 8.28. The van der Waals surface area contributed by atoms with Crippen LogP contribution in [0.25, 0.3) is 0 Å². The summed E-state index contributed by atoms with van der Waals surface area (Å²) in [6.07, 6.45) is 0. The predicted molar refractivity (Wildman–Crippen MR) is 133 cm³/mol. The van der Waals surface area contributed by atoms with Gasteiger partial charge in [-0.25, -0.2) is 19.2 Å². The molecule has 4 aromatic rings. The van der Waals surface area contributed by atoms with Crippen molar-refractivity contribution < 1.29 is 39.6 Å². The maximum Gasteiger partial charge on any atom is 0.335 e. The SMILES string of the molecule is O=C(O)c1ccc(C(c2ccc(C(=O)O)cc2)(c2ccc(C(=O)O)cc2)c2ccc(C(=O)O)cc2)cc1. The van der Waals surface area contributed by atoms with Gasteiger partial charge in [0.05, 0.1) is 27.7 Å². The highest BCUT2D eigenvalue weighted by Gasteiger charge is 2.39. The zero-order valence-electron chi connectivity index (χ0n) is 19.2. The van der Waals surface area contributed by atoms with Crippen molar-refractivity contribution in [2.75, 3.05) is 0 Å². The first-order chi connectivity index (χ1) is 17.6. The van der Waals surface area contributed by atoms with E-state index in [1.807, 2.05) is 0 Å². The van der Waals surface area contributed by atoms with Crippen molar-refractivity contribution >= 4 is 23.9 Å². The van der Waals surface area contributed by atoms with Crippen LogP contribution in [0, 0.1) is 0 Å². The van der Waals surface area contributed by atoms with E-state index in [1.54, 1.807) is 48.5 Å². The van der Waals surface area contributed by atoms with Gasteiger partial charge in [-0.3, -0.25) is 0 Å². The molecular formula is C29H20O8. The molecule has 0 unspecified atom stereocenters. The molecule has 4 aromatic carbocycles. The van der Waals surface area contributed by atoms with Crippen molar-refractivity contribution in [3.63, 3.8) is 0 Å². The third-order valence-corrected chi connectivity index (χ3v) is 6.26. The first-order valence-electron chi connectivity index (χ1n) is 11.0. The van der Waals surface area contributed by atoms with E-state index >= 15 is 0 Å². The normalized spacial score (nSPS) is 11.0. The van der Waals surface area contributed by atoms with Crippen LogP contribution in [0.5, 0.6) is 0 Å². The second-order valence-corrected chi connectivity index (χ2v) is 8.28.